The van der Waals surface area contributed by atoms with Crippen molar-refractivity contribution in [3.8, 4) is 0 Å². The van der Waals surface area contributed by atoms with Gasteiger partial charge in [0.15, 0.2) is 11.8 Å². The highest BCUT2D eigenvalue weighted by Gasteiger charge is 2.36. The number of hydrogen-bond acceptors (Lipinski definition) is 4. The molecule has 23 heavy (non-hydrogen) atoms. The lowest BCUT2D eigenvalue weighted by Crippen LogP contribution is -2.48. The number of nitrogens with zero attached hydrogens (tertiary/aromatic N) is 2. The Hall–Kier alpha value is -1.61. The zero-order valence-electron chi connectivity index (χ0n) is 12.4. The number of H-pyrrole nitrogens is 1. The molecule has 0 unspecified atom stereocenters. The fraction of sp³-hybridized carbons (Fsp3) is 0.714. The monoisotopic (exact) mass is 333 g/mol. The number of likely N-dealkylation sites (tertiary alicyclic amines) is 1. The zero-order chi connectivity index (χ0) is 16.4. The number of nitrogens with one attached hydrogen (secondary N) is 1. The molecule has 0 saturated carbocycles. The Morgan fingerprint density at radius 1 is 1.39 bits per heavy atom. The summed E-state index contributed by atoms with van der Waals surface area (Å²) in [6, 6.07) is 1.03. The van der Waals surface area contributed by atoms with E-state index in [1.54, 1.807) is 4.90 Å². The maximum atomic E-state index is 12.6. The predicted octanol–water partition coefficient (Wildman–Crippen LogP) is 1.55. The summed E-state index contributed by atoms with van der Waals surface area (Å²) in [6.45, 7) is 2.01. The minimum Gasteiger partial charge on any atom is -0.376 e. The van der Waals surface area contributed by atoms with Gasteiger partial charge in [-0.05, 0) is 18.9 Å². The van der Waals surface area contributed by atoms with E-state index in [1.165, 1.54) is 0 Å². The molecule has 6 nitrogen and oxygen atoms in total. The second-order valence-electron chi connectivity index (χ2n) is 5.76. The van der Waals surface area contributed by atoms with Gasteiger partial charge >= 0.3 is 6.18 Å². The van der Waals surface area contributed by atoms with Gasteiger partial charge in [0.25, 0.3) is 5.91 Å². The maximum Gasteiger partial charge on any atom is 0.435 e. The topological polar surface area (TPSA) is 67.5 Å². The summed E-state index contributed by atoms with van der Waals surface area (Å²) in [5, 5.41) is 5.78. The van der Waals surface area contributed by atoms with Gasteiger partial charge in [0.05, 0.1) is 19.8 Å². The number of halogens is 3. The lowest BCUT2D eigenvalue weighted by molar-refractivity contribution is -0.159. The second-order valence-corrected chi connectivity index (χ2v) is 5.76. The molecule has 0 aliphatic carbocycles. The molecule has 2 atom stereocenters. The molecule has 9 heteroatoms. The van der Waals surface area contributed by atoms with Crippen LogP contribution in [0.4, 0.5) is 13.2 Å². The van der Waals surface area contributed by atoms with Crippen LogP contribution in [0.1, 0.15) is 30.1 Å². The van der Waals surface area contributed by atoms with Crippen LogP contribution in [0.5, 0.6) is 0 Å². The molecule has 3 heterocycles. The molecule has 1 aromatic rings. The molecule has 0 spiro atoms. The van der Waals surface area contributed by atoms with E-state index in [-0.39, 0.29) is 18.4 Å². The Morgan fingerprint density at radius 3 is 2.87 bits per heavy atom. The summed E-state index contributed by atoms with van der Waals surface area (Å²) in [7, 11) is 0. The first-order valence-corrected chi connectivity index (χ1v) is 7.56. The Morgan fingerprint density at radius 2 is 2.22 bits per heavy atom. The maximum absolute atomic E-state index is 12.6. The van der Waals surface area contributed by atoms with Crippen LogP contribution in [0.15, 0.2) is 6.07 Å². The van der Waals surface area contributed by atoms with E-state index in [0.717, 1.165) is 12.5 Å². The minimum absolute atomic E-state index is 0.162. The standard InChI is InChI=1S/C14H18F3N3O3/c15-14(16,17)12-6-10(18-19-12)9-2-1-3-20(7-9)13(21)11-8-22-4-5-23-11/h6,9,11H,1-5,7-8H2,(H,18,19)/t9-,11-/m1/s1. The van der Waals surface area contributed by atoms with E-state index in [9.17, 15) is 18.0 Å². The van der Waals surface area contributed by atoms with Crippen molar-refractivity contribution in [3.63, 3.8) is 0 Å². The highest BCUT2D eigenvalue weighted by atomic mass is 19.4. The van der Waals surface area contributed by atoms with Crippen molar-refractivity contribution in [1.82, 2.24) is 15.1 Å². The van der Waals surface area contributed by atoms with Crippen LogP contribution in [0.25, 0.3) is 0 Å². The lowest BCUT2D eigenvalue weighted by atomic mass is 9.94. The van der Waals surface area contributed by atoms with Crippen LogP contribution in [-0.2, 0) is 20.4 Å². The molecule has 1 N–H and O–H groups in total. The molecule has 1 amide bonds. The summed E-state index contributed by atoms with van der Waals surface area (Å²) >= 11 is 0. The van der Waals surface area contributed by atoms with Crippen LogP contribution in [0.2, 0.25) is 0 Å². The minimum atomic E-state index is -4.47. The molecule has 2 fully saturated rings. The number of carbonyl (C=O) groups excluding carboxylic acids is 1. The van der Waals surface area contributed by atoms with Crippen molar-refractivity contribution < 1.29 is 27.4 Å². The highest BCUT2D eigenvalue weighted by molar-refractivity contribution is 5.81. The van der Waals surface area contributed by atoms with E-state index in [0.29, 0.717) is 38.4 Å². The Bertz CT molecular complexity index is 555. The molecule has 0 bridgehead atoms. The van der Waals surface area contributed by atoms with Crippen LogP contribution in [0.3, 0.4) is 0 Å². The Kier molecular flexibility index (Phi) is 4.58. The molecule has 3 rings (SSSR count). The SMILES string of the molecule is O=C([C@H]1COCCO1)N1CCC[C@@H](c2cc(C(F)(F)F)n[nH]2)C1. The number of aromatic amines is 1. The molecular formula is C14H18F3N3O3. The van der Waals surface area contributed by atoms with Crippen LogP contribution >= 0.6 is 0 Å². The summed E-state index contributed by atoms with van der Waals surface area (Å²) in [4.78, 5) is 14.1. The third-order valence-corrected chi connectivity index (χ3v) is 4.15. The van der Waals surface area contributed by atoms with Crippen LogP contribution < -0.4 is 0 Å². The van der Waals surface area contributed by atoms with Crippen molar-refractivity contribution in [2.45, 2.75) is 31.0 Å². The lowest BCUT2D eigenvalue weighted by Gasteiger charge is -2.35. The van der Waals surface area contributed by atoms with Crippen molar-refractivity contribution >= 4 is 5.91 Å². The summed E-state index contributed by atoms with van der Waals surface area (Å²) in [5.74, 6) is -0.342. The van der Waals surface area contributed by atoms with Crippen molar-refractivity contribution in [2.75, 3.05) is 32.9 Å². The molecule has 2 saturated heterocycles. The van der Waals surface area contributed by atoms with E-state index in [1.807, 2.05) is 0 Å². The number of rotatable bonds is 2. The number of hydrogen-bond donors (Lipinski definition) is 1. The third-order valence-electron chi connectivity index (χ3n) is 4.15. The smallest absolute Gasteiger partial charge is 0.376 e. The van der Waals surface area contributed by atoms with E-state index in [4.69, 9.17) is 9.47 Å². The Labute approximate surface area is 130 Å². The van der Waals surface area contributed by atoms with Crippen molar-refractivity contribution in [1.29, 1.82) is 0 Å². The number of aromatic nitrogens is 2. The molecular weight excluding hydrogens is 315 g/mol. The predicted molar refractivity (Wildman–Crippen MR) is 72.7 cm³/mol. The number of alkyl halides is 3. The average Bonchev–Trinajstić information content (AvgIpc) is 3.05. The van der Waals surface area contributed by atoms with Crippen molar-refractivity contribution in [2.24, 2.45) is 0 Å². The largest absolute Gasteiger partial charge is 0.435 e. The van der Waals surface area contributed by atoms with Gasteiger partial charge in [-0.25, -0.2) is 0 Å². The number of amides is 1. The quantitative estimate of drug-likeness (QED) is 0.892. The van der Waals surface area contributed by atoms with Crippen LogP contribution in [-0.4, -0.2) is 60.0 Å². The van der Waals surface area contributed by atoms with Gasteiger partial charge in [0, 0.05) is 24.7 Å². The summed E-state index contributed by atoms with van der Waals surface area (Å²) < 4.78 is 48.5. The Balaban J connectivity index is 1.66. The van der Waals surface area contributed by atoms with Gasteiger partial charge in [-0.15, -0.1) is 0 Å². The van der Waals surface area contributed by atoms with Crippen molar-refractivity contribution in [3.05, 3.63) is 17.5 Å². The fourth-order valence-corrected chi connectivity index (χ4v) is 2.96. The third kappa shape index (κ3) is 3.66. The first-order chi connectivity index (χ1) is 10.9. The van der Waals surface area contributed by atoms with E-state index < -0.39 is 18.0 Å². The molecule has 128 valence electrons. The van der Waals surface area contributed by atoms with Gasteiger partial charge < -0.3 is 14.4 Å². The second kappa shape index (κ2) is 6.48. The molecule has 0 aromatic carbocycles. The van der Waals surface area contributed by atoms with Gasteiger partial charge in [-0.1, -0.05) is 0 Å². The van der Waals surface area contributed by atoms with Gasteiger partial charge in [0.1, 0.15) is 0 Å². The fourth-order valence-electron chi connectivity index (χ4n) is 2.96. The molecule has 2 aliphatic heterocycles. The average molecular weight is 333 g/mol. The summed E-state index contributed by atoms with van der Waals surface area (Å²) in [6.07, 6.45) is -3.64. The summed E-state index contributed by atoms with van der Waals surface area (Å²) in [5.41, 5.74) is -0.518. The van der Waals surface area contributed by atoms with Gasteiger partial charge in [-0.2, -0.15) is 18.3 Å². The number of piperidine rings is 1. The molecule has 2 aliphatic rings. The highest BCUT2D eigenvalue weighted by Crippen LogP contribution is 2.32. The first-order valence-electron chi connectivity index (χ1n) is 7.56. The van der Waals surface area contributed by atoms with Gasteiger partial charge in [-0.3, -0.25) is 9.89 Å². The van der Waals surface area contributed by atoms with E-state index >= 15 is 0 Å². The zero-order valence-corrected chi connectivity index (χ0v) is 12.4. The number of ether oxygens (including phenoxy) is 2. The molecule has 1 aromatic heterocycles. The van der Waals surface area contributed by atoms with Gasteiger partial charge in [0.2, 0.25) is 0 Å². The molecule has 0 radical (unpaired) electrons. The normalized spacial score (nSPS) is 26.3. The van der Waals surface area contributed by atoms with E-state index in [2.05, 4.69) is 10.2 Å². The first kappa shape index (κ1) is 16.3. The van der Waals surface area contributed by atoms with Crippen LogP contribution in [0, 0.1) is 0 Å². The number of carbonyl (C=O) groups is 1.